The van der Waals surface area contributed by atoms with Gasteiger partial charge in [0, 0.05) is 5.92 Å². The van der Waals surface area contributed by atoms with Gasteiger partial charge in [0.15, 0.2) is 0 Å². The molecule has 0 aromatic rings. The van der Waals surface area contributed by atoms with Gasteiger partial charge in [-0.3, -0.25) is 4.79 Å². The minimum Gasteiger partial charge on any atom is -0.465 e. The van der Waals surface area contributed by atoms with E-state index in [0.717, 1.165) is 44.4 Å². The Bertz CT molecular complexity index is 327. The number of nitriles is 1. The van der Waals surface area contributed by atoms with Gasteiger partial charge in [0.1, 0.15) is 0 Å². The number of rotatable bonds is 9. The van der Waals surface area contributed by atoms with Gasteiger partial charge >= 0.3 is 5.97 Å². The predicted molar refractivity (Wildman–Crippen MR) is 84.6 cm³/mol. The molecule has 1 rings (SSSR count). The summed E-state index contributed by atoms with van der Waals surface area (Å²) >= 11 is 0. The molecule has 1 saturated carbocycles. The van der Waals surface area contributed by atoms with Crippen molar-refractivity contribution in [2.75, 3.05) is 6.61 Å². The SMILES string of the molecule is CCCC(C#N)CCCOC(=O)[C@H]1CC[C@H](CCC)CC1. The summed E-state index contributed by atoms with van der Waals surface area (Å²) in [6.45, 7) is 4.81. The van der Waals surface area contributed by atoms with Gasteiger partial charge in [-0.25, -0.2) is 0 Å². The second kappa shape index (κ2) is 10.7. The molecule has 1 atom stereocenters. The van der Waals surface area contributed by atoms with Gasteiger partial charge in [-0.15, -0.1) is 0 Å². The third-order valence-electron chi connectivity index (χ3n) is 4.64. The first-order chi connectivity index (χ1) is 10.2. The molecular formula is C18H31NO2. The zero-order valence-corrected chi connectivity index (χ0v) is 13.8. The van der Waals surface area contributed by atoms with E-state index in [-0.39, 0.29) is 17.8 Å². The van der Waals surface area contributed by atoms with E-state index in [1.54, 1.807) is 0 Å². The third-order valence-corrected chi connectivity index (χ3v) is 4.64. The highest BCUT2D eigenvalue weighted by molar-refractivity contribution is 5.72. The maximum absolute atomic E-state index is 12.0. The van der Waals surface area contributed by atoms with Crippen LogP contribution in [0.4, 0.5) is 0 Å². The van der Waals surface area contributed by atoms with Crippen molar-refractivity contribution in [1.29, 1.82) is 5.26 Å². The molecule has 120 valence electrons. The van der Waals surface area contributed by atoms with Crippen LogP contribution in [0.15, 0.2) is 0 Å². The molecule has 0 amide bonds. The fraction of sp³-hybridized carbons (Fsp3) is 0.889. The summed E-state index contributed by atoms with van der Waals surface area (Å²) in [7, 11) is 0. The molecule has 1 fully saturated rings. The van der Waals surface area contributed by atoms with Crippen molar-refractivity contribution in [2.24, 2.45) is 17.8 Å². The standard InChI is InChI=1S/C18H31NO2/c1-3-6-15-9-11-17(12-10-15)18(20)21-13-5-8-16(14-19)7-4-2/h15-17H,3-13H2,1-2H3/t15-,16?,17-. The lowest BCUT2D eigenvalue weighted by Crippen LogP contribution is -2.24. The van der Waals surface area contributed by atoms with Crippen molar-refractivity contribution in [2.45, 2.75) is 78.1 Å². The summed E-state index contributed by atoms with van der Waals surface area (Å²) in [5, 5.41) is 8.98. The molecule has 0 bridgehead atoms. The van der Waals surface area contributed by atoms with Crippen LogP contribution in [0.2, 0.25) is 0 Å². The molecular weight excluding hydrogens is 262 g/mol. The molecule has 0 radical (unpaired) electrons. The quantitative estimate of drug-likeness (QED) is 0.451. The van der Waals surface area contributed by atoms with E-state index in [2.05, 4.69) is 19.9 Å². The molecule has 0 heterocycles. The Labute approximate surface area is 130 Å². The second-order valence-corrected chi connectivity index (χ2v) is 6.43. The lowest BCUT2D eigenvalue weighted by Gasteiger charge is -2.26. The van der Waals surface area contributed by atoms with Crippen molar-refractivity contribution >= 4 is 5.97 Å². The Hall–Kier alpha value is -1.04. The van der Waals surface area contributed by atoms with Crippen LogP contribution in [0.3, 0.4) is 0 Å². The van der Waals surface area contributed by atoms with Gasteiger partial charge in [0.25, 0.3) is 0 Å². The second-order valence-electron chi connectivity index (χ2n) is 6.43. The maximum Gasteiger partial charge on any atom is 0.308 e. The molecule has 1 aliphatic carbocycles. The molecule has 1 unspecified atom stereocenters. The summed E-state index contributed by atoms with van der Waals surface area (Å²) in [4.78, 5) is 12.0. The molecule has 3 heteroatoms. The molecule has 3 nitrogen and oxygen atoms in total. The van der Waals surface area contributed by atoms with Crippen molar-refractivity contribution in [3.8, 4) is 6.07 Å². The lowest BCUT2D eigenvalue weighted by atomic mass is 9.80. The Morgan fingerprint density at radius 1 is 1.19 bits per heavy atom. The van der Waals surface area contributed by atoms with Crippen LogP contribution < -0.4 is 0 Å². The third kappa shape index (κ3) is 6.98. The smallest absolute Gasteiger partial charge is 0.308 e. The highest BCUT2D eigenvalue weighted by Gasteiger charge is 2.26. The van der Waals surface area contributed by atoms with Crippen LogP contribution in [-0.4, -0.2) is 12.6 Å². The van der Waals surface area contributed by atoms with Gasteiger partial charge in [-0.2, -0.15) is 5.26 Å². The van der Waals surface area contributed by atoms with E-state index >= 15 is 0 Å². The summed E-state index contributed by atoms with van der Waals surface area (Å²) in [5.41, 5.74) is 0. The maximum atomic E-state index is 12.0. The fourth-order valence-electron chi connectivity index (χ4n) is 3.34. The number of ether oxygens (including phenoxy) is 1. The van der Waals surface area contributed by atoms with E-state index in [1.807, 2.05) is 0 Å². The van der Waals surface area contributed by atoms with Crippen molar-refractivity contribution in [1.82, 2.24) is 0 Å². The van der Waals surface area contributed by atoms with E-state index in [0.29, 0.717) is 6.61 Å². The van der Waals surface area contributed by atoms with E-state index in [1.165, 1.54) is 25.7 Å². The van der Waals surface area contributed by atoms with Gasteiger partial charge in [-0.1, -0.05) is 33.1 Å². The number of nitrogens with zero attached hydrogens (tertiary/aromatic N) is 1. The average molecular weight is 293 g/mol. The minimum atomic E-state index is -0.00560. The van der Waals surface area contributed by atoms with Crippen LogP contribution in [-0.2, 0) is 9.53 Å². The zero-order valence-electron chi connectivity index (χ0n) is 13.8. The predicted octanol–water partition coefficient (Wildman–Crippen LogP) is 4.86. The Balaban J connectivity index is 2.13. The van der Waals surface area contributed by atoms with Crippen molar-refractivity contribution in [3.63, 3.8) is 0 Å². The van der Waals surface area contributed by atoms with E-state index in [9.17, 15) is 4.79 Å². The first-order valence-corrected chi connectivity index (χ1v) is 8.77. The summed E-state index contributed by atoms with van der Waals surface area (Å²) < 4.78 is 5.40. The van der Waals surface area contributed by atoms with E-state index in [4.69, 9.17) is 10.00 Å². The van der Waals surface area contributed by atoms with Gasteiger partial charge in [-0.05, 0) is 50.9 Å². The van der Waals surface area contributed by atoms with Crippen LogP contribution in [0.25, 0.3) is 0 Å². The monoisotopic (exact) mass is 293 g/mol. The van der Waals surface area contributed by atoms with Crippen molar-refractivity contribution < 1.29 is 9.53 Å². The molecule has 0 aromatic carbocycles. The number of esters is 1. The molecule has 0 saturated heterocycles. The molecule has 21 heavy (non-hydrogen) atoms. The number of hydrogen-bond donors (Lipinski definition) is 0. The largest absolute Gasteiger partial charge is 0.465 e. The van der Waals surface area contributed by atoms with E-state index < -0.39 is 0 Å². The molecule has 1 aliphatic rings. The Morgan fingerprint density at radius 2 is 1.90 bits per heavy atom. The normalized spacial score (nSPS) is 23.3. The first kappa shape index (κ1) is 18.0. The fourth-order valence-corrected chi connectivity index (χ4v) is 3.34. The number of hydrogen-bond acceptors (Lipinski definition) is 3. The first-order valence-electron chi connectivity index (χ1n) is 8.77. The molecule has 0 aliphatic heterocycles. The summed E-state index contributed by atoms with van der Waals surface area (Å²) in [6, 6.07) is 2.33. The van der Waals surface area contributed by atoms with Crippen LogP contribution in [0.1, 0.15) is 78.1 Å². The van der Waals surface area contributed by atoms with Crippen LogP contribution in [0.5, 0.6) is 0 Å². The van der Waals surface area contributed by atoms with Crippen LogP contribution in [0, 0.1) is 29.1 Å². The highest BCUT2D eigenvalue weighted by atomic mass is 16.5. The van der Waals surface area contributed by atoms with Crippen molar-refractivity contribution in [3.05, 3.63) is 0 Å². The number of carbonyl (C=O) groups excluding carboxylic acids is 1. The van der Waals surface area contributed by atoms with Crippen LogP contribution >= 0.6 is 0 Å². The Kier molecular flexibility index (Phi) is 9.14. The number of carbonyl (C=O) groups is 1. The molecule has 0 spiro atoms. The molecule has 0 aromatic heterocycles. The van der Waals surface area contributed by atoms with Gasteiger partial charge in [0.05, 0.1) is 18.6 Å². The Morgan fingerprint density at radius 3 is 2.48 bits per heavy atom. The highest BCUT2D eigenvalue weighted by Crippen LogP contribution is 2.32. The zero-order chi connectivity index (χ0) is 15.5. The summed E-state index contributed by atoms with van der Waals surface area (Å²) in [5.74, 6) is 1.07. The van der Waals surface area contributed by atoms with Gasteiger partial charge < -0.3 is 4.74 Å². The topological polar surface area (TPSA) is 50.1 Å². The lowest BCUT2D eigenvalue weighted by molar-refractivity contribution is -0.150. The molecule has 0 N–H and O–H groups in total. The minimum absolute atomic E-state index is 0.00560. The van der Waals surface area contributed by atoms with Gasteiger partial charge in [0.2, 0.25) is 0 Å². The summed E-state index contributed by atoms with van der Waals surface area (Å²) in [6.07, 6.45) is 10.6. The average Bonchev–Trinajstić information content (AvgIpc) is 2.51.